The molecule has 0 aromatic carbocycles. The molecule has 1 nitrogen and oxygen atoms in total. The van der Waals surface area contributed by atoms with E-state index in [9.17, 15) is 0 Å². The minimum absolute atomic E-state index is 0. The summed E-state index contributed by atoms with van der Waals surface area (Å²) in [7, 11) is 0. The molecule has 0 aliphatic carbocycles. The Hall–Kier alpha value is 0.960. The maximum atomic E-state index is 8.33. The molecule has 1 N–H and O–H groups in total. The normalized spacial score (nSPS) is 12.4. The molecule has 1 atom stereocenters. The van der Waals surface area contributed by atoms with Crippen molar-refractivity contribution in [3.63, 3.8) is 0 Å². The summed E-state index contributed by atoms with van der Waals surface area (Å²) in [5.74, 6) is 0.491. The molecule has 0 spiro atoms. The van der Waals surface area contributed by atoms with Gasteiger partial charge in [0, 0.05) is 36.2 Å². The van der Waals surface area contributed by atoms with Crippen LogP contribution in [0.15, 0.2) is 0 Å². The Balaban J connectivity index is 0. The van der Waals surface area contributed by atoms with Crippen molar-refractivity contribution in [3.05, 3.63) is 0 Å². The zero-order valence-electron chi connectivity index (χ0n) is 5.44. The van der Waals surface area contributed by atoms with Crippen molar-refractivity contribution in [2.45, 2.75) is 20.3 Å². The fraction of sp³-hybridized carbons (Fsp3) is 1.00. The van der Waals surface area contributed by atoms with Gasteiger partial charge in [-0.05, 0) is 5.92 Å². The Morgan fingerprint density at radius 1 is 1.57 bits per heavy atom. The van der Waals surface area contributed by atoms with Crippen LogP contribution in [0.3, 0.4) is 0 Å². The molecule has 0 aliphatic rings. The molecule has 7 heavy (non-hydrogen) atoms. The molecule has 0 aliphatic heterocycles. The van der Waals surface area contributed by atoms with Gasteiger partial charge in [-0.3, -0.25) is 0 Å². The van der Waals surface area contributed by atoms with Gasteiger partial charge in [0.2, 0.25) is 0 Å². The van der Waals surface area contributed by atoms with Crippen LogP contribution in [0, 0.1) is 5.92 Å². The molecule has 0 amide bonds. The van der Waals surface area contributed by atoms with Gasteiger partial charge in [-0.1, -0.05) is 20.3 Å². The van der Waals surface area contributed by atoms with E-state index in [0.717, 1.165) is 6.42 Å². The van der Waals surface area contributed by atoms with Crippen molar-refractivity contribution in [2.24, 2.45) is 5.92 Å². The Labute approximate surface area is 67.4 Å². The van der Waals surface area contributed by atoms with Crippen molar-refractivity contribution in [3.8, 4) is 0 Å². The van der Waals surface area contributed by atoms with Crippen LogP contribution in [0.25, 0.3) is 0 Å². The molecule has 0 bridgehead atoms. The molecule has 0 heterocycles. The molecule has 0 saturated heterocycles. The Morgan fingerprint density at radius 3 is 2.00 bits per heavy atom. The van der Waals surface area contributed by atoms with Crippen LogP contribution in [0.1, 0.15) is 20.3 Å². The van der Waals surface area contributed by atoms with Crippen molar-refractivity contribution in [1.29, 1.82) is 0 Å². The molecule has 2 heteroatoms. The molecular weight excluding hydrogens is 99.0 g/mol. The van der Waals surface area contributed by atoms with Crippen molar-refractivity contribution in [2.75, 3.05) is 6.61 Å². The van der Waals surface area contributed by atoms with E-state index < -0.39 is 0 Å². The number of aliphatic hydroxyl groups is 1. The van der Waals surface area contributed by atoms with Gasteiger partial charge in [0.1, 0.15) is 0 Å². The molecule has 39 valence electrons. The fourth-order valence-corrected chi connectivity index (χ4v) is 0.129. The number of hydrogen-bond donors (Lipinski definition) is 1. The third-order valence-electron chi connectivity index (χ3n) is 1.01. The quantitative estimate of drug-likeness (QED) is 0.518. The second-order valence-electron chi connectivity index (χ2n) is 1.70. The van der Waals surface area contributed by atoms with Crippen LogP contribution < -0.4 is 0 Å². The van der Waals surface area contributed by atoms with E-state index in [4.69, 9.17) is 5.11 Å². The van der Waals surface area contributed by atoms with Gasteiger partial charge >= 0.3 is 0 Å². The average molecular weight is 111 g/mol. The van der Waals surface area contributed by atoms with Gasteiger partial charge < -0.3 is 5.11 Å². The molecule has 1 unspecified atom stereocenters. The van der Waals surface area contributed by atoms with E-state index >= 15 is 0 Å². The van der Waals surface area contributed by atoms with Gasteiger partial charge in [-0.15, -0.1) is 0 Å². The standard InChI is InChI=1S/C5H12O.Na/c1-3-5(2)4-6;/h5-6H,3-4H2,1-2H3;. The maximum absolute atomic E-state index is 8.33. The van der Waals surface area contributed by atoms with Crippen LogP contribution in [0.2, 0.25) is 0 Å². The second-order valence-corrected chi connectivity index (χ2v) is 1.70. The van der Waals surface area contributed by atoms with Crippen molar-refractivity contribution in [1.82, 2.24) is 0 Å². The SMILES string of the molecule is CCC(C)CO.[Na]. The molecule has 0 aromatic rings. The van der Waals surface area contributed by atoms with E-state index in [0.29, 0.717) is 12.5 Å². The average Bonchev–Trinajstić information content (AvgIpc) is 1.65. The predicted octanol–water partition coefficient (Wildman–Crippen LogP) is 0.644. The zero-order valence-corrected chi connectivity index (χ0v) is 7.44. The zero-order chi connectivity index (χ0) is 4.99. The molecule has 0 saturated carbocycles. The van der Waals surface area contributed by atoms with E-state index in [1.807, 2.05) is 6.92 Å². The van der Waals surface area contributed by atoms with Gasteiger partial charge in [0.05, 0.1) is 0 Å². The first kappa shape index (κ1) is 10.9. The minimum Gasteiger partial charge on any atom is -0.396 e. The predicted molar refractivity (Wildman–Crippen MR) is 32.3 cm³/mol. The Kier molecular flexibility index (Phi) is 10.8. The van der Waals surface area contributed by atoms with E-state index in [1.54, 1.807) is 0 Å². The summed E-state index contributed by atoms with van der Waals surface area (Å²) in [5, 5.41) is 8.33. The first-order valence-electron chi connectivity index (χ1n) is 2.42. The van der Waals surface area contributed by atoms with Crippen LogP contribution in [-0.2, 0) is 0 Å². The molecular formula is C5H12NaO. The summed E-state index contributed by atoms with van der Waals surface area (Å²) in [6.45, 7) is 4.43. The third kappa shape index (κ3) is 6.96. The Bertz CT molecular complexity index is 27.3. The van der Waals surface area contributed by atoms with E-state index in [1.165, 1.54) is 0 Å². The fourth-order valence-electron chi connectivity index (χ4n) is 0.129. The van der Waals surface area contributed by atoms with Gasteiger partial charge in [0.15, 0.2) is 0 Å². The monoisotopic (exact) mass is 111 g/mol. The van der Waals surface area contributed by atoms with E-state index in [2.05, 4.69) is 6.92 Å². The molecule has 1 radical (unpaired) electrons. The second kappa shape index (κ2) is 6.96. The van der Waals surface area contributed by atoms with Crippen LogP contribution in [-0.4, -0.2) is 41.3 Å². The largest absolute Gasteiger partial charge is 0.396 e. The summed E-state index contributed by atoms with van der Waals surface area (Å²) in [6.07, 6.45) is 1.08. The molecule has 0 fully saturated rings. The minimum atomic E-state index is 0. The van der Waals surface area contributed by atoms with Gasteiger partial charge in [0.25, 0.3) is 0 Å². The van der Waals surface area contributed by atoms with Gasteiger partial charge in [-0.2, -0.15) is 0 Å². The topological polar surface area (TPSA) is 20.2 Å². The first-order chi connectivity index (χ1) is 2.81. The van der Waals surface area contributed by atoms with Crippen molar-refractivity contribution < 1.29 is 5.11 Å². The van der Waals surface area contributed by atoms with Crippen LogP contribution in [0.4, 0.5) is 0 Å². The third-order valence-corrected chi connectivity index (χ3v) is 1.01. The molecule has 0 aromatic heterocycles. The van der Waals surface area contributed by atoms with Crippen LogP contribution in [0.5, 0.6) is 0 Å². The summed E-state index contributed by atoms with van der Waals surface area (Å²) in [6, 6.07) is 0. The number of hydrogen-bond acceptors (Lipinski definition) is 1. The number of rotatable bonds is 2. The smallest absolute Gasteiger partial charge is 0.0456 e. The van der Waals surface area contributed by atoms with E-state index in [-0.39, 0.29) is 29.6 Å². The summed E-state index contributed by atoms with van der Waals surface area (Å²) in [5.41, 5.74) is 0. The summed E-state index contributed by atoms with van der Waals surface area (Å²) < 4.78 is 0. The molecule has 0 rings (SSSR count). The Morgan fingerprint density at radius 2 is 2.00 bits per heavy atom. The number of aliphatic hydroxyl groups excluding tert-OH is 1. The summed E-state index contributed by atoms with van der Waals surface area (Å²) >= 11 is 0. The first-order valence-corrected chi connectivity index (χ1v) is 2.42. The maximum Gasteiger partial charge on any atom is 0.0456 e. The van der Waals surface area contributed by atoms with Gasteiger partial charge in [-0.25, -0.2) is 0 Å². The van der Waals surface area contributed by atoms with Crippen molar-refractivity contribution >= 4 is 29.6 Å². The summed E-state index contributed by atoms with van der Waals surface area (Å²) in [4.78, 5) is 0. The van der Waals surface area contributed by atoms with Crippen LogP contribution >= 0.6 is 0 Å².